The van der Waals surface area contributed by atoms with Crippen LogP contribution in [0.2, 0.25) is 0 Å². The molecule has 1 aromatic carbocycles. The van der Waals surface area contributed by atoms with Crippen molar-refractivity contribution in [2.75, 3.05) is 13.1 Å². The molecule has 144 valence electrons. The summed E-state index contributed by atoms with van der Waals surface area (Å²) in [6.45, 7) is 4.36. The highest BCUT2D eigenvalue weighted by Gasteiger charge is 2.23. The maximum atomic E-state index is 13.4. The zero-order chi connectivity index (χ0) is 19.5. The summed E-state index contributed by atoms with van der Waals surface area (Å²) in [4.78, 5) is 30.4. The lowest BCUT2D eigenvalue weighted by Crippen LogP contribution is -2.33. The fourth-order valence-electron chi connectivity index (χ4n) is 3.60. The molecule has 0 radical (unpaired) electrons. The molecule has 3 heterocycles. The van der Waals surface area contributed by atoms with E-state index in [2.05, 4.69) is 24.8 Å². The van der Waals surface area contributed by atoms with Crippen molar-refractivity contribution in [2.24, 2.45) is 0 Å². The Kier molecular flexibility index (Phi) is 5.25. The van der Waals surface area contributed by atoms with Crippen LogP contribution in [0.1, 0.15) is 35.7 Å². The SMILES string of the molecule is Cc1cnc(-c2nc(C3CCN(Cc4cccc(F)c4)CC3)cc(=O)[nH]2)cn1. The Labute approximate surface area is 162 Å². The Hall–Kier alpha value is -2.93. The number of nitrogens with one attached hydrogen (secondary N) is 1. The minimum Gasteiger partial charge on any atom is -0.305 e. The summed E-state index contributed by atoms with van der Waals surface area (Å²) in [5.74, 6) is 0.479. The molecule has 0 amide bonds. The summed E-state index contributed by atoms with van der Waals surface area (Å²) in [7, 11) is 0. The van der Waals surface area contributed by atoms with Crippen LogP contribution in [0.25, 0.3) is 11.5 Å². The number of piperidine rings is 1. The van der Waals surface area contributed by atoms with Crippen LogP contribution in [-0.4, -0.2) is 37.9 Å². The van der Waals surface area contributed by atoms with Crippen LogP contribution in [0.5, 0.6) is 0 Å². The highest BCUT2D eigenvalue weighted by molar-refractivity contribution is 5.47. The Morgan fingerprint density at radius 3 is 2.71 bits per heavy atom. The predicted octanol–water partition coefficient (Wildman–Crippen LogP) is 3.05. The molecule has 1 aliphatic rings. The van der Waals surface area contributed by atoms with Gasteiger partial charge in [-0.1, -0.05) is 12.1 Å². The van der Waals surface area contributed by atoms with E-state index in [-0.39, 0.29) is 17.3 Å². The number of benzene rings is 1. The van der Waals surface area contributed by atoms with Gasteiger partial charge in [0, 0.05) is 24.7 Å². The molecule has 0 saturated carbocycles. The van der Waals surface area contributed by atoms with Crippen molar-refractivity contribution in [1.82, 2.24) is 24.8 Å². The number of aromatic nitrogens is 4. The summed E-state index contributed by atoms with van der Waals surface area (Å²) in [5, 5.41) is 0. The average molecular weight is 379 g/mol. The summed E-state index contributed by atoms with van der Waals surface area (Å²) in [6.07, 6.45) is 5.10. The van der Waals surface area contributed by atoms with Gasteiger partial charge in [0.05, 0.1) is 17.6 Å². The molecular weight excluding hydrogens is 357 g/mol. The number of aryl methyl sites for hydroxylation is 1. The van der Waals surface area contributed by atoms with Gasteiger partial charge in [-0.2, -0.15) is 0 Å². The quantitative estimate of drug-likeness (QED) is 0.754. The molecule has 0 unspecified atom stereocenters. The van der Waals surface area contributed by atoms with Gasteiger partial charge in [-0.05, 0) is 50.6 Å². The van der Waals surface area contributed by atoms with Crippen molar-refractivity contribution in [3.05, 3.63) is 75.8 Å². The van der Waals surface area contributed by atoms with Crippen molar-refractivity contribution >= 4 is 0 Å². The zero-order valence-corrected chi connectivity index (χ0v) is 15.7. The molecule has 6 nitrogen and oxygen atoms in total. The molecule has 7 heteroatoms. The fourth-order valence-corrected chi connectivity index (χ4v) is 3.60. The topological polar surface area (TPSA) is 74.8 Å². The predicted molar refractivity (Wildman–Crippen MR) is 104 cm³/mol. The van der Waals surface area contributed by atoms with E-state index in [0.717, 1.165) is 49.4 Å². The molecule has 1 fully saturated rings. The van der Waals surface area contributed by atoms with E-state index < -0.39 is 0 Å². The molecule has 0 aliphatic carbocycles. The minimum atomic E-state index is -0.202. The van der Waals surface area contributed by atoms with Crippen molar-refractivity contribution in [3.63, 3.8) is 0 Å². The van der Waals surface area contributed by atoms with Crippen molar-refractivity contribution in [3.8, 4) is 11.5 Å². The van der Waals surface area contributed by atoms with Gasteiger partial charge in [-0.3, -0.25) is 14.7 Å². The van der Waals surface area contributed by atoms with Gasteiger partial charge >= 0.3 is 0 Å². The largest absolute Gasteiger partial charge is 0.305 e. The van der Waals surface area contributed by atoms with E-state index in [1.165, 1.54) is 6.07 Å². The Bertz CT molecular complexity index is 1010. The fraction of sp³-hybridized carbons (Fsp3) is 0.333. The molecule has 0 atom stereocenters. The van der Waals surface area contributed by atoms with Crippen molar-refractivity contribution in [1.29, 1.82) is 0 Å². The lowest BCUT2D eigenvalue weighted by atomic mass is 9.93. The van der Waals surface area contributed by atoms with E-state index in [4.69, 9.17) is 0 Å². The van der Waals surface area contributed by atoms with Crippen LogP contribution in [0.3, 0.4) is 0 Å². The molecule has 1 saturated heterocycles. The number of nitrogens with zero attached hydrogens (tertiary/aromatic N) is 4. The zero-order valence-electron chi connectivity index (χ0n) is 15.7. The maximum Gasteiger partial charge on any atom is 0.251 e. The van der Waals surface area contributed by atoms with Crippen LogP contribution in [0.4, 0.5) is 4.39 Å². The third kappa shape index (κ3) is 4.31. The Morgan fingerprint density at radius 2 is 2.00 bits per heavy atom. The number of H-pyrrole nitrogens is 1. The van der Waals surface area contributed by atoms with Gasteiger partial charge in [0.2, 0.25) is 0 Å². The van der Waals surface area contributed by atoms with E-state index in [0.29, 0.717) is 11.5 Å². The first-order valence-electron chi connectivity index (χ1n) is 9.44. The summed E-state index contributed by atoms with van der Waals surface area (Å²) in [5.41, 5.74) is 2.98. The second-order valence-corrected chi connectivity index (χ2v) is 7.24. The number of halogens is 1. The van der Waals surface area contributed by atoms with Crippen LogP contribution in [0.15, 0.2) is 47.5 Å². The highest BCUT2D eigenvalue weighted by Crippen LogP contribution is 2.27. The lowest BCUT2D eigenvalue weighted by molar-refractivity contribution is 0.203. The van der Waals surface area contributed by atoms with Crippen molar-refractivity contribution < 1.29 is 4.39 Å². The van der Waals surface area contributed by atoms with Crippen molar-refractivity contribution in [2.45, 2.75) is 32.2 Å². The molecule has 1 N–H and O–H groups in total. The second-order valence-electron chi connectivity index (χ2n) is 7.24. The molecule has 1 aliphatic heterocycles. The summed E-state index contributed by atoms with van der Waals surface area (Å²) in [6, 6.07) is 8.32. The van der Waals surface area contributed by atoms with Gasteiger partial charge in [-0.25, -0.2) is 14.4 Å². The maximum absolute atomic E-state index is 13.4. The number of hydrogen-bond acceptors (Lipinski definition) is 5. The molecular formula is C21H22FN5O. The third-order valence-electron chi connectivity index (χ3n) is 5.09. The first-order chi connectivity index (χ1) is 13.6. The molecule has 2 aromatic heterocycles. The average Bonchev–Trinajstić information content (AvgIpc) is 2.69. The highest BCUT2D eigenvalue weighted by atomic mass is 19.1. The number of rotatable bonds is 4. The second kappa shape index (κ2) is 7.98. The summed E-state index contributed by atoms with van der Waals surface area (Å²) >= 11 is 0. The number of likely N-dealkylation sites (tertiary alicyclic amines) is 1. The molecule has 4 rings (SSSR count). The van der Waals surface area contributed by atoms with Crippen LogP contribution in [-0.2, 0) is 6.54 Å². The third-order valence-corrected chi connectivity index (χ3v) is 5.09. The first kappa shape index (κ1) is 18.4. The first-order valence-corrected chi connectivity index (χ1v) is 9.44. The lowest BCUT2D eigenvalue weighted by Gasteiger charge is -2.31. The number of hydrogen-bond donors (Lipinski definition) is 1. The smallest absolute Gasteiger partial charge is 0.251 e. The van der Waals surface area contributed by atoms with E-state index >= 15 is 0 Å². The van der Waals surface area contributed by atoms with Crippen LogP contribution < -0.4 is 5.56 Å². The minimum absolute atomic E-state index is 0.176. The van der Waals surface area contributed by atoms with Gasteiger partial charge in [-0.15, -0.1) is 0 Å². The normalized spacial score (nSPS) is 15.6. The summed E-state index contributed by atoms with van der Waals surface area (Å²) < 4.78 is 13.4. The molecule has 28 heavy (non-hydrogen) atoms. The van der Waals surface area contributed by atoms with Crippen LogP contribution in [0, 0.1) is 12.7 Å². The van der Waals surface area contributed by atoms with Gasteiger partial charge < -0.3 is 4.98 Å². The van der Waals surface area contributed by atoms with Crippen LogP contribution >= 0.6 is 0 Å². The molecule has 3 aromatic rings. The monoisotopic (exact) mass is 379 g/mol. The van der Waals surface area contributed by atoms with Gasteiger partial charge in [0.1, 0.15) is 11.5 Å². The number of aromatic amines is 1. The van der Waals surface area contributed by atoms with E-state index in [1.807, 2.05) is 13.0 Å². The van der Waals surface area contributed by atoms with Gasteiger partial charge in [0.25, 0.3) is 5.56 Å². The molecule has 0 bridgehead atoms. The molecule has 0 spiro atoms. The van der Waals surface area contributed by atoms with E-state index in [9.17, 15) is 9.18 Å². The Morgan fingerprint density at radius 1 is 1.18 bits per heavy atom. The van der Waals surface area contributed by atoms with E-state index in [1.54, 1.807) is 30.6 Å². The van der Waals surface area contributed by atoms with Gasteiger partial charge in [0.15, 0.2) is 5.82 Å². The Balaban J connectivity index is 1.46. The standard InChI is InChI=1S/C21H22FN5O/c1-14-11-24-19(12-23-14)21-25-18(10-20(28)26-21)16-5-7-27(8-6-16)13-15-3-2-4-17(22)9-15/h2-4,9-12,16H,5-8,13H2,1H3,(H,25,26,28).